The summed E-state index contributed by atoms with van der Waals surface area (Å²) in [5, 5.41) is 17.8. The molecule has 2 aromatic heterocycles. The summed E-state index contributed by atoms with van der Waals surface area (Å²) in [4.78, 5) is 29.9. The van der Waals surface area contributed by atoms with Crippen LogP contribution in [0.2, 0.25) is 0 Å². The van der Waals surface area contributed by atoms with Crippen LogP contribution in [0.25, 0.3) is 16.4 Å². The molecule has 0 aliphatic rings. The molecule has 1 aromatic carbocycles. The molecule has 0 spiro atoms. The van der Waals surface area contributed by atoms with E-state index in [0.717, 1.165) is 4.88 Å². The zero-order valence-corrected chi connectivity index (χ0v) is 16.1. The van der Waals surface area contributed by atoms with Gasteiger partial charge in [-0.05, 0) is 35.7 Å². The number of ketones is 1. The molecular formula is C19H16FN5O3S. The fraction of sp³-hybridized carbons (Fsp3) is 0.211. The topological polar surface area (TPSA) is 110 Å². The van der Waals surface area contributed by atoms with Crippen LogP contribution < -0.4 is 5.32 Å². The third-order valence-electron chi connectivity index (χ3n) is 3.90. The van der Waals surface area contributed by atoms with Gasteiger partial charge in [0, 0.05) is 13.7 Å². The second-order valence-corrected chi connectivity index (χ2v) is 6.78. The Kier molecular flexibility index (Phi) is 6.43. The summed E-state index contributed by atoms with van der Waals surface area (Å²) in [5.74, 6) is -3.49. The first-order valence-electron chi connectivity index (χ1n) is 8.52. The van der Waals surface area contributed by atoms with Crippen LogP contribution in [0.15, 0.2) is 41.8 Å². The van der Waals surface area contributed by atoms with Crippen molar-refractivity contribution in [2.24, 2.45) is 5.92 Å². The molecule has 148 valence electrons. The lowest BCUT2D eigenvalue weighted by atomic mass is 10.0. The number of hydrogen-bond acceptors (Lipinski definition) is 7. The van der Waals surface area contributed by atoms with Crippen molar-refractivity contribution < 1.29 is 18.7 Å². The summed E-state index contributed by atoms with van der Waals surface area (Å²) in [7, 11) is 1.47. The molecule has 1 amide bonds. The number of halogens is 1. The van der Waals surface area contributed by atoms with Crippen molar-refractivity contribution in [1.29, 1.82) is 5.26 Å². The Morgan fingerprint density at radius 1 is 1.34 bits per heavy atom. The maximum atomic E-state index is 13.3. The van der Waals surface area contributed by atoms with E-state index in [0.29, 0.717) is 11.5 Å². The van der Waals surface area contributed by atoms with Gasteiger partial charge in [0.25, 0.3) is 0 Å². The van der Waals surface area contributed by atoms with Gasteiger partial charge in [0.05, 0.1) is 23.2 Å². The number of nitrogens with zero attached hydrogens (tertiary/aromatic N) is 4. The van der Waals surface area contributed by atoms with Crippen molar-refractivity contribution in [3.8, 4) is 22.5 Å². The molecule has 0 aliphatic heterocycles. The number of benzene rings is 1. The molecule has 3 rings (SSSR count). The molecule has 1 N–H and O–H groups in total. The lowest BCUT2D eigenvalue weighted by Gasteiger charge is -2.07. The highest BCUT2D eigenvalue weighted by Crippen LogP contribution is 2.26. The van der Waals surface area contributed by atoms with Crippen LogP contribution in [-0.4, -0.2) is 46.7 Å². The number of methoxy groups -OCH3 is 1. The third-order valence-corrected chi connectivity index (χ3v) is 4.76. The van der Waals surface area contributed by atoms with Gasteiger partial charge in [-0.3, -0.25) is 9.59 Å². The first-order valence-corrected chi connectivity index (χ1v) is 9.40. The smallest absolute Gasteiger partial charge is 0.245 e. The van der Waals surface area contributed by atoms with Gasteiger partial charge in [-0.1, -0.05) is 6.07 Å². The van der Waals surface area contributed by atoms with Crippen LogP contribution in [-0.2, 0) is 9.53 Å². The highest BCUT2D eigenvalue weighted by atomic mass is 32.1. The SMILES string of the molecule is COCCNC(=O)C(C#N)C(=O)c1nc(-c2cccs2)n(-c2ccc(F)cc2)n1. The summed E-state index contributed by atoms with van der Waals surface area (Å²) >= 11 is 1.38. The number of carbonyl (C=O) groups excluding carboxylic acids is 2. The minimum absolute atomic E-state index is 0.165. The van der Waals surface area contributed by atoms with E-state index < -0.39 is 23.4 Å². The number of nitrogens with one attached hydrogen (secondary N) is 1. The van der Waals surface area contributed by atoms with Crippen molar-refractivity contribution in [2.75, 3.05) is 20.3 Å². The first kappa shape index (κ1) is 20.3. The number of ether oxygens (including phenoxy) is 1. The van der Waals surface area contributed by atoms with Crippen molar-refractivity contribution in [3.05, 3.63) is 53.4 Å². The average molecular weight is 413 g/mol. The first-order chi connectivity index (χ1) is 14.0. The Hall–Kier alpha value is -3.42. The summed E-state index contributed by atoms with van der Waals surface area (Å²) in [5.41, 5.74) is 0.486. The van der Waals surface area contributed by atoms with Gasteiger partial charge in [-0.25, -0.2) is 14.1 Å². The molecule has 10 heteroatoms. The highest BCUT2D eigenvalue weighted by molar-refractivity contribution is 7.13. The van der Waals surface area contributed by atoms with E-state index in [1.807, 2.05) is 11.4 Å². The number of hydrogen-bond donors (Lipinski definition) is 1. The van der Waals surface area contributed by atoms with E-state index in [4.69, 9.17) is 4.74 Å². The zero-order valence-electron chi connectivity index (χ0n) is 15.3. The van der Waals surface area contributed by atoms with Crippen LogP contribution in [0.5, 0.6) is 0 Å². The second kappa shape index (κ2) is 9.18. The van der Waals surface area contributed by atoms with Gasteiger partial charge < -0.3 is 10.1 Å². The van der Waals surface area contributed by atoms with Crippen molar-refractivity contribution >= 4 is 23.0 Å². The fourth-order valence-corrected chi connectivity index (χ4v) is 3.19. The predicted octanol–water partition coefficient (Wildman–Crippen LogP) is 2.22. The molecule has 3 aromatic rings. The molecule has 8 nitrogen and oxygen atoms in total. The van der Waals surface area contributed by atoms with Gasteiger partial charge in [-0.15, -0.1) is 16.4 Å². The number of Topliss-reactive ketones (excluding diaryl/α,β-unsaturated/α-hetero) is 1. The Morgan fingerprint density at radius 2 is 2.10 bits per heavy atom. The van der Waals surface area contributed by atoms with E-state index in [1.54, 1.807) is 12.1 Å². The van der Waals surface area contributed by atoms with Crippen LogP contribution in [0.3, 0.4) is 0 Å². The van der Waals surface area contributed by atoms with Crippen molar-refractivity contribution in [2.45, 2.75) is 0 Å². The van der Waals surface area contributed by atoms with Crippen molar-refractivity contribution in [1.82, 2.24) is 20.1 Å². The molecular weight excluding hydrogens is 397 g/mol. The predicted molar refractivity (Wildman–Crippen MR) is 103 cm³/mol. The number of rotatable bonds is 8. The number of amides is 1. The number of aromatic nitrogens is 3. The Balaban J connectivity index is 1.96. The monoisotopic (exact) mass is 413 g/mol. The third kappa shape index (κ3) is 4.53. The minimum Gasteiger partial charge on any atom is -0.383 e. The largest absolute Gasteiger partial charge is 0.383 e. The molecule has 0 aliphatic carbocycles. The summed E-state index contributed by atoms with van der Waals surface area (Å²) in [6.07, 6.45) is 0. The Labute approximate surface area is 169 Å². The molecule has 0 saturated carbocycles. The molecule has 0 bridgehead atoms. The van der Waals surface area contributed by atoms with Crippen LogP contribution in [0, 0.1) is 23.1 Å². The van der Waals surface area contributed by atoms with Crippen LogP contribution in [0.4, 0.5) is 4.39 Å². The summed E-state index contributed by atoms with van der Waals surface area (Å²) in [6.45, 7) is 0.413. The van der Waals surface area contributed by atoms with Gasteiger partial charge in [0.15, 0.2) is 11.7 Å². The Bertz CT molecular complexity index is 1040. The molecule has 29 heavy (non-hydrogen) atoms. The van der Waals surface area contributed by atoms with E-state index in [1.165, 1.54) is 47.4 Å². The normalized spacial score (nSPS) is 11.6. The minimum atomic E-state index is -1.59. The second-order valence-electron chi connectivity index (χ2n) is 5.83. The Morgan fingerprint density at radius 3 is 2.72 bits per heavy atom. The number of thiophene rings is 1. The lowest BCUT2D eigenvalue weighted by Crippen LogP contribution is -2.36. The molecule has 0 saturated heterocycles. The number of carbonyl (C=O) groups is 2. The van der Waals surface area contributed by atoms with Gasteiger partial charge in [0.1, 0.15) is 5.82 Å². The van der Waals surface area contributed by atoms with Gasteiger partial charge in [0.2, 0.25) is 17.5 Å². The molecule has 0 radical (unpaired) electrons. The maximum Gasteiger partial charge on any atom is 0.245 e. The fourth-order valence-electron chi connectivity index (χ4n) is 2.49. The summed E-state index contributed by atoms with van der Waals surface area (Å²) < 4.78 is 19.5. The van der Waals surface area contributed by atoms with E-state index in [2.05, 4.69) is 15.4 Å². The van der Waals surface area contributed by atoms with Gasteiger partial charge in [-0.2, -0.15) is 5.26 Å². The zero-order chi connectivity index (χ0) is 20.8. The molecule has 1 unspecified atom stereocenters. The standard InChI is InChI=1S/C19H16FN5O3S/c1-28-9-8-22-19(27)14(11-21)16(26)17-23-18(15-3-2-10-29-15)25(24-17)13-6-4-12(20)5-7-13/h2-7,10,14H,8-9H2,1H3,(H,22,27). The van der Waals surface area contributed by atoms with Crippen LogP contribution >= 0.6 is 11.3 Å². The average Bonchev–Trinajstić information content (AvgIpc) is 3.39. The molecule has 1 atom stereocenters. The van der Waals surface area contributed by atoms with E-state index >= 15 is 0 Å². The number of nitriles is 1. The van der Waals surface area contributed by atoms with Gasteiger partial charge >= 0.3 is 0 Å². The maximum absolute atomic E-state index is 13.3. The van der Waals surface area contributed by atoms with E-state index in [9.17, 15) is 19.2 Å². The van der Waals surface area contributed by atoms with E-state index in [-0.39, 0.29) is 19.0 Å². The highest BCUT2D eigenvalue weighted by Gasteiger charge is 2.31. The quantitative estimate of drug-likeness (QED) is 0.344. The lowest BCUT2D eigenvalue weighted by molar-refractivity contribution is -0.122. The van der Waals surface area contributed by atoms with Crippen molar-refractivity contribution in [3.63, 3.8) is 0 Å². The van der Waals surface area contributed by atoms with Crippen LogP contribution in [0.1, 0.15) is 10.6 Å². The summed E-state index contributed by atoms with van der Waals surface area (Å²) in [6, 6.07) is 10.8. The molecule has 0 fully saturated rings. The molecule has 2 heterocycles.